The van der Waals surface area contributed by atoms with Crippen LogP contribution in [0, 0.1) is 0 Å². The Morgan fingerprint density at radius 3 is 2.00 bits per heavy atom. The van der Waals surface area contributed by atoms with Crippen molar-refractivity contribution in [2.75, 3.05) is 6.61 Å². The maximum absolute atomic E-state index is 11.9. The Bertz CT molecular complexity index is 1260. The lowest BCUT2D eigenvalue weighted by molar-refractivity contribution is -0.373. The largest absolute Gasteiger partial charge is 0.472 e. The van der Waals surface area contributed by atoms with E-state index in [-0.39, 0.29) is 18.5 Å². The number of rotatable bonds is 6. The second-order valence-electron chi connectivity index (χ2n) is 12.0. The van der Waals surface area contributed by atoms with Crippen LogP contribution in [-0.4, -0.2) is 51.2 Å². The number of fused-ring (bicyclic) bond motifs is 1. The number of nitrogens with zero attached hydrogens (tertiary/aromatic N) is 2. The summed E-state index contributed by atoms with van der Waals surface area (Å²) in [4.78, 5) is 8.92. The van der Waals surface area contributed by atoms with E-state index in [9.17, 15) is 5.11 Å². The van der Waals surface area contributed by atoms with E-state index in [0.29, 0.717) is 5.56 Å². The van der Waals surface area contributed by atoms with E-state index >= 15 is 0 Å². The van der Waals surface area contributed by atoms with Gasteiger partial charge in [0.2, 0.25) is 5.88 Å². The van der Waals surface area contributed by atoms with Crippen molar-refractivity contribution in [2.45, 2.75) is 89.7 Å². The highest BCUT2D eigenvalue weighted by molar-refractivity contribution is 5.30. The third kappa shape index (κ3) is 6.79. The standard InChI is InChI=1S/C31H38N2O7/c1-30(2,3)39-26-21(17-32-29(33-26)40-31(4,5)6)23(34)25-24-22(36-28(38-25)20-15-11-8-12-16-20)18-35-27(37-24)19-13-9-7-10-14-19/h7-17,22-25,27-28,34H,18H2,1-6H3/t22-,23-,24-,25+,27?,28?/m1/s1. The number of ether oxygens (including phenoxy) is 6. The fraction of sp³-hybridized carbons (Fsp3) is 0.484. The van der Waals surface area contributed by atoms with Crippen molar-refractivity contribution < 1.29 is 33.5 Å². The van der Waals surface area contributed by atoms with Crippen molar-refractivity contribution in [1.29, 1.82) is 0 Å². The highest BCUT2D eigenvalue weighted by Gasteiger charge is 2.49. The third-order valence-electron chi connectivity index (χ3n) is 6.29. The van der Waals surface area contributed by atoms with E-state index in [0.717, 1.165) is 11.1 Å². The molecule has 2 fully saturated rings. The van der Waals surface area contributed by atoms with Crippen LogP contribution in [0.5, 0.6) is 11.9 Å². The van der Waals surface area contributed by atoms with Gasteiger partial charge in [-0.3, -0.25) is 0 Å². The number of aromatic nitrogens is 2. The van der Waals surface area contributed by atoms with Gasteiger partial charge < -0.3 is 33.5 Å². The minimum Gasteiger partial charge on any atom is -0.472 e. The Balaban J connectivity index is 1.50. The minimum atomic E-state index is -1.21. The maximum atomic E-state index is 11.9. The summed E-state index contributed by atoms with van der Waals surface area (Å²) in [5.41, 5.74) is 0.936. The van der Waals surface area contributed by atoms with E-state index < -0.39 is 48.2 Å². The monoisotopic (exact) mass is 550 g/mol. The van der Waals surface area contributed by atoms with Crippen LogP contribution < -0.4 is 9.47 Å². The summed E-state index contributed by atoms with van der Waals surface area (Å²) >= 11 is 0. The van der Waals surface area contributed by atoms with Crippen LogP contribution >= 0.6 is 0 Å². The summed E-state index contributed by atoms with van der Waals surface area (Å²) in [6.45, 7) is 11.7. The van der Waals surface area contributed by atoms with Gasteiger partial charge in [0.1, 0.15) is 35.6 Å². The van der Waals surface area contributed by atoms with Gasteiger partial charge in [0.15, 0.2) is 12.6 Å². The molecule has 1 N–H and O–H groups in total. The number of hydrogen-bond donors (Lipinski definition) is 1. The van der Waals surface area contributed by atoms with Crippen LogP contribution in [0.2, 0.25) is 0 Å². The Hall–Kier alpha value is -3.08. The fourth-order valence-corrected chi connectivity index (χ4v) is 4.60. The Morgan fingerprint density at radius 1 is 0.800 bits per heavy atom. The smallest absolute Gasteiger partial charge is 0.320 e. The molecule has 6 atom stereocenters. The zero-order valence-electron chi connectivity index (χ0n) is 23.8. The van der Waals surface area contributed by atoms with Gasteiger partial charge in [-0.1, -0.05) is 60.7 Å². The molecule has 0 radical (unpaired) electrons. The predicted octanol–water partition coefficient (Wildman–Crippen LogP) is 5.46. The minimum absolute atomic E-state index is 0.155. The van der Waals surface area contributed by atoms with Crippen LogP contribution in [-0.2, 0) is 18.9 Å². The second-order valence-corrected chi connectivity index (χ2v) is 12.0. The molecule has 2 unspecified atom stereocenters. The number of aliphatic hydroxyl groups excluding tert-OH is 1. The quantitative estimate of drug-likeness (QED) is 0.429. The summed E-state index contributed by atoms with van der Waals surface area (Å²) in [5, 5.41) is 11.9. The molecular formula is C31H38N2O7. The molecule has 3 aromatic rings. The molecule has 5 rings (SSSR count). The average molecular weight is 551 g/mol. The highest BCUT2D eigenvalue weighted by Crippen LogP contribution is 2.43. The molecule has 2 aromatic carbocycles. The summed E-state index contributed by atoms with van der Waals surface area (Å²) < 4.78 is 37.3. The first-order chi connectivity index (χ1) is 19.0. The van der Waals surface area contributed by atoms with E-state index in [2.05, 4.69) is 9.97 Å². The van der Waals surface area contributed by atoms with E-state index in [1.54, 1.807) is 0 Å². The molecule has 0 saturated carbocycles. The van der Waals surface area contributed by atoms with E-state index in [1.165, 1.54) is 6.20 Å². The number of benzene rings is 2. The van der Waals surface area contributed by atoms with Crippen molar-refractivity contribution >= 4 is 0 Å². The topological polar surface area (TPSA) is 101 Å². The normalized spacial score (nSPS) is 26.0. The van der Waals surface area contributed by atoms with Gasteiger partial charge in [0.05, 0.1) is 12.2 Å². The molecule has 1 aromatic heterocycles. The SMILES string of the molecule is CC(C)(C)Oc1ncc([C@@H](O)[C@@H]2OC(c3ccccc3)O[C@@H]3COC(c4ccccc4)O[C@@H]23)c(OC(C)(C)C)n1. The Labute approximate surface area is 235 Å². The lowest BCUT2D eigenvalue weighted by Crippen LogP contribution is -2.56. The summed E-state index contributed by atoms with van der Waals surface area (Å²) in [5.74, 6) is 0.212. The molecule has 0 aliphatic carbocycles. The zero-order valence-corrected chi connectivity index (χ0v) is 23.8. The van der Waals surface area contributed by atoms with Crippen molar-refractivity contribution in [1.82, 2.24) is 9.97 Å². The lowest BCUT2D eigenvalue weighted by atomic mass is 9.95. The summed E-state index contributed by atoms with van der Waals surface area (Å²) in [6.07, 6.45) is -3.05. The van der Waals surface area contributed by atoms with Gasteiger partial charge in [-0.05, 0) is 41.5 Å². The van der Waals surface area contributed by atoms with Crippen molar-refractivity contribution in [3.8, 4) is 11.9 Å². The van der Waals surface area contributed by atoms with Crippen LogP contribution in [0.15, 0.2) is 66.9 Å². The second kappa shape index (κ2) is 11.4. The number of hydrogen-bond acceptors (Lipinski definition) is 9. The molecule has 9 nitrogen and oxygen atoms in total. The van der Waals surface area contributed by atoms with Gasteiger partial charge in [-0.25, -0.2) is 4.98 Å². The lowest BCUT2D eigenvalue weighted by Gasteiger charge is -2.47. The van der Waals surface area contributed by atoms with Crippen LogP contribution in [0.4, 0.5) is 0 Å². The molecule has 0 amide bonds. The zero-order chi connectivity index (χ0) is 28.5. The average Bonchev–Trinajstić information content (AvgIpc) is 2.91. The van der Waals surface area contributed by atoms with E-state index in [4.69, 9.17) is 28.4 Å². The molecule has 2 saturated heterocycles. The summed E-state index contributed by atoms with van der Waals surface area (Å²) in [6, 6.07) is 19.4. The van der Waals surface area contributed by atoms with Crippen molar-refractivity contribution in [3.63, 3.8) is 0 Å². The summed E-state index contributed by atoms with van der Waals surface area (Å²) in [7, 11) is 0. The molecule has 40 heavy (non-hydrogen) atoms. The predicted molar refractivity (Wildman–Crippen MR) is 147 cm³/mol. The molecule has 3 heterocycles. The van der Waals surface area contributed by atoms with Crippen molar-refractivity contribution in [2.24, 2.45) is 0 Å². The Kier molecular flexibility index (Phi) is 8.13. The number of aliphatic hydroxyl groups is 1. The fourth-order valence-electron chi connectivity index (χ4n) is 4.60. The van der Waals surface area contributed by atoms with Gasteiger partial charge in [0.25, 0.3) is 0 Å². The third-order valence-corrected chi connectivity index (χ3v) is 6.29. The van der Waals surface area contributed by atoms with Gasteiger partial charge in [-0.15, -0.1) is 0 Å². The highest BCUT2D eigenvalue weighted by atomic mass is 16.8. The molecule has 2 aliphatic rings. The molecule has 0 bridgehead atoms. The molecule has 0 spiro atoms. The van der Waals surface area contributed by atoms with Crippen LogP contribution in [0.3, 0.4) is 0 Å². The Morgan fingerprint density at radius 2 is 1.40 bits per heavy atom. The van der Waals surface area contributed by atoms with Gasteiger partial charge in [-0.2, -0.15) is 4.98 Å². The van der Waals surface area contributed by atoms with Crippen molar-refractivity contribution in [3.05, 3.63) is 83.6 Å². The molecule has 9 heteroatoms. The molecular weight excluding hydrogens is 512 g/mol. The van der Waals surface area contributed by atoms with Gasteiger partial charge in [0, 0.05) is 17.3 Å². The maximum Gasteiger partial charge on any atom is 0.320 e. The van der Waals surface area contributed by atoms with Gasteiger partial charge >= 0.3 is 6.01 Å². The van der Waals surface area contributed by atoms with Crippen LogP contribution in [0.1, 0.15) is 76.9 Å². The molecule has 214 valence electrons. The first-order valence-corrected chi connectivity index (χ1v) is 13.6. The van der Waals surface area contributed by atoms with E-state index in [1.807, 2.05) is 102 Å². The first-order valence-electron chi connectivity index (χ1n) is 13.6. The molecule has 2 aliphatic heterocycles. The first kappa shape index (κ1) is 28.4. The van der Waals surface area contributed by atoms with Crippen LogP contribution in [0.25, 0.3) is 0 Å².